The van der Waals surface area contributed by atoms with Gasteiger partial charge in [-0.15, -0.1) is 4.67 Å². The Kier molecular flexibility index (Phi) is 6.10. The third-order valence-corrected chi connectivity index (χ3v) is 5.84. The van der Waals surface area contributed by atoms with E-state index in [-0.39, 0.29) is 0 Å². The maximum atomic E-state index is 12.5. The second-order valence-electron chi connectivity index (χ2n) is 4.62. The van der Waals surface area contributed by atoms with E-state index in [1.807, 2.05) is 0 Å². The highest BCUT2D eigenvalue weighted by atomic mass is 31.2. The van der Waals surface area contributed by atoms with Gasteiger partial charge < -0.3 is 9.63 Å². The summed E-state index contributed by atoms with van der Waals surface area (Å²) in [6, 6.07) is 6.57. The third-order valence-electron chi connectivity index (χ3n) is 3.52. The first-order valence-electron chi connectivity index (χ1n) is 6.67. The second kappa shape index (κ2) is 7.18. The van der Waals surface area contributed by atoms with Crippen LogP contribution in [0.25, 0.3) is 0 Å². The van der Waals surface area contributed by atoms with Crippen molar-refractivity contribution in [2.24, 2.45) is 0 Å². The van der Waals surface area contributed by atoms with Crippen LogP contribution in [0.4, 0.5) is 0 Å². The maximum absolute atomic E-state index is 12.5. The Morgan fingerprint density at radius 3 is 2.43 bits per heavy atom. The lowest BCUT2D eigenvalue weighted by atomic mass is 9.92. The van der Waals surface area contributed by atoms with Gasteiger partial charge in [-0.25, -0.2) is 4.89 Å². The van der Waals surface area contributed by atoms with E-state index in [9.17, 15) is 14.3 Å². The van der Waals surface area contributed by atoms with Crippen LogP contribution in [0.1, 0.15) is 39.2 Å². The Balaban J connectivity index is 3.34. The van der Waals surface area contributed by atoms with Crippen LogP contribution < -0.4 is 4.74 Å². The van der Waals surface area contributed by atoms with E-state index >= 15 is 0 Å². The summed E-state index contributed by atoms with van der Waals surface area (Å²) >= 11 is 0. The quantitative estimate of drug-likeness (QED) is 0.273. The molecule has 0 radical (unpaired) electrons. The fourth-order valence-corrected chi connectivity index (χ4v) is 4.02. The molecule has 1 aromatic rings. The zero-order valence-electron chi connectivity index (χ0n) is 12.7. The molecule has 0 spiro atoms. The molecular weight excluding hydrogens is 295 g/mol. The van der Waals surface area contributed by atoms with Gasteiger partial charge in [0.15, 0.2) is 0 Å². The number of carbonyl (C=O) groups excluding carboxylic acids is 1. The molecule has 0 heterocycles. The number of ether oxygens (including phenoxy) is 1. The molecule has 0 fully saturated rings. The number of benzene rings is 1. The highest BCUT2D eigenvalue weighted by molar-refractivity contribution is 7.54. The summed E-state index contributed by atoms with van der Waals surface area (Å²) in [6.07, 6.45) is 0.730. The van der Waals surface area contributed by atoms with Gasteiger partial charge in [0.1, 0.15) is 5.75 Å². The monoisotopic (exact) mass is 316 g/mol. The van der Waals surface area contributed by atoms with Crippen molar-refractivity contribution in [1.29, 1.82) is 0 Å². The average molecular weight is 316 g/mol. The van der Waals surface area contributed by atoms with Gasteiger partial charge in [-0.3, -0.25) is 9.36 Å². The molecule has 0 aliphatic rings. The van der Waals surface area contributed by atoms with Crippen LogP contribution in [-0.4, -0.2) is 18.0 Å². The normalized spacial score (nSPS) is 14.5. The zero-order valence-corrected chi connectivity index (χ0v) is 13.6. The van der Waals surface area contributed by atoms with Crippen LogP contribution in [0.5, 0.6) is 5.75 Å². The first-order valence-corrected chi connectivity index (χ1v) is 8.25. The molecule has 0 bridgehead atoms. The van der Waals surface area contributed by atoms with Crippen molar-refractivity contribution in [1.82, 2.24) is 0 Å². The van der Waals surface area contributed by atoms with Crippen molar-refractivity contribution in [2.75, 3.05) is 7.11 Å². The average Bonchev–Trinajstić information content (AvgIpc) is 2.40. The summed E-state index contributed by atoms with van der Waals surface area (Å²) in [5, 5.41) is -1.13. The zero-order chi connectivity index (χ0) is 16.1. The lowest BCUT2D eigenvalue weighted by Gasteiger charge is -2.34. The highest BCUT2D eigenvalue weighted by Gasteiger charge is 2.48. The first-order chi connectivity index (χ1) is 9.82. The van der Waals surface area contributed by atoms with Crippen molar-refractivity contribution in [2.45, 2.75) is 38.8 Å². The van der Waals surface area contributed by atoms with Crippen molar-refractivity contribution in [3.63, 3.8) is 0 Å². The van der Waals surface area contributed by atoms with Crippen molar-refractivity contribution < 1.29 is 28.6 Å². The smallest absolute Gasteiger partial charge is 0.365 e. The molecule has 1 unspecified atom stereocenters. The molecule has 1 aromatic carbocycles. The van der Waals surface area contributed by atoms with E-state index in [2.05, 4.69) is 9.56 Å². The molecule has 7 heteroatoms. The number of rotatable bonds is 7. The van der Waals surface area contributed by atoms with Crippen LogP contribution in [-0.2, 0) is 24.1 Å². The van der Waals surface area contributed by atoms with Crippen molar-refractivity contribution >= 4 is 13.6 Å². The Hall–Kier alpha value is -1.20. The summed E-state index contributed by atoms with van der Waals surface area (Å²) in [7, 11) is -2.88. The molecule has 1 rings (SSSR count). The minimum absolute atomic E-state index is 0.323. The van der Waals surface area contributed by atoms with E-state index in [1.54, 1.807) is 38.1 Å². The lowest BCUT2D eigenvalue weighted by Crippen LogP contribution is -2.26. The molecular formula is C14H21O6P. The Morgan fingerprint density at radius 1 is 1.33 bits per heavy atom. The molecule has 0 saturated carbocycles. The van der Waals surface area contributed by atoms with E-state index in [0.717, 1.165) is 0 Å². The summed E-state index contributed by atoms with van der Waals surface area (Å²) < 4.78 is 22.2. The van der Waals surface area contributed by atoms with Gasteiger partial charge in [0.2, 0.25) is 0 Å². The molecule has 0 aromatic heterocycles. The molecule has 0 aliphatic carbocycles. The topological polar surface area (TPSA) is 82.1 Å². The van der Waals surface area contributed by atoms with Crippen LogP contribution >= 0.6 is 7.60 Å². The molecule has 21 heavy (non-hydrogen) atoms. The summed E-state index contributed by atoms with van der Waals surface area (Å²) in [6.45, 7) is 4.89. The minimum atomic E-state index is -4.07. The predicted molar refractivity (Wildman–Crippen MR) is 77.9 cm³/mol. The van der Waals surface area contributed by atoms with Crippen LogP contribution in [0, 0.1) is 0 Å². The fraction of sp³-hybridized carbons (Fsp3) is 0.500. The van der Waals surface area contributed by atoms with Crippen LogP contribution in [0.2, 0.25) is 0 Å². The molecule has 0 saturated heterocycles. The number of hydrogen-bond acceptors (Lipinski definition) is 5. The molecule has 118 valence electrons. The Bertz CT molecular complexity index is 538. The number of hydrogen-bond donors (Lipinski definition) is 1. The molecule has 0 aliphatic heterocycles. The molecule has 1 N–H and O–H groups in total. The summed E-state index contributed by atoms with van der Waals surface area (Å²) in [5.74, 6) is -0.130. The van der Waals surface area contributed by atoms with E-state index in [0.29, 0.717) is 24.2 Å². The highest BCUT2D eigenvalue weighted by Crippen LogP contribution is 2.64. The van der Waals surface area contributed by atoms with E-state index < -0.39 is 18.7 Å². The lowest BCUT2D eigenvalue weighted by molar-refractivity contribution is -0.188. The third kappa shape index (κ3) is 3.71. The van der Waals surface area contributed by atoms with Crippen molar-refractivity contribution in [3.8, 4) is 5.75 Å². The summed E-state index contributed by atoms with van der Waals surface area (Å²) in [5.41, 5.74) is 0.564. The Labute approximate surface area is 124 Å². The van der Waals surface area contributed by atoms with Gasteiger partial charge >= 0.3 is 13.6 Å². The Morgan fingerprint density at radius 2 is 1.95 bits per heavy atom. The van der Waals surface area contributed by atoms with Gasteiger partial charge in [0.25, 0.3) is 0 Å². The molecule has 0 amide bonds. The largest absolute Gasteiger partial charge is 0.427 e. The predicted octanol–water partition coefficient (Wildman–Crippen LogP) is 3.39. The maximum Gasteiger partial charge on any atom is 0.365 e. The fourth-order valence-electron chi connectivity index (χ4n) is 2.41. The second-order valence-corrected chi connectivity index (χ2v) is 6.67. The van der Waals surface area contributed by atoms with Gasteiger partial charge in [-0.1, -0.05) is 26.0 Å². The van der Waals surface area contributed by atoms with Crippen LogP contribution in [0.15, 0.2) is 24.3 Å². The summed E-state index contributed by atoms with van der Waals surface area (Å²) in [4.78, 5) is 25.7. The van der Waals surface area contributed by atoms with E-state index in [1.165, 1.54) is 14.0 Å². The van der Waals surface area contributed by atoms with Crippen LogP contribution in [0.3, 0.4) is 0 Å². The SMILES string of the molecule is CCC(CC)(c1cccc(OC(C)=O)c1)P(=O)(O)OOC. The van der Waals surface area contributed by atoms with Gasteiger partial charge in [0, 0.05) is 6.92 Å². The van der Waals surface area contributed by atoms with E-state index in [4.69, 9.17) is 4.74 Å². The van der Waals surface area contributed by atoms with Gasteiger partial charge in [0.05, 0.1) is 12.3 Å². The van der Waals surface area contributed by atoms with Gasteiger partial charge in [-0.2, -0.15) is 0 Å². The number of carbonyl (C=O) groups is 1. The minimum Gasteiger partial charge on any atom is -0.427 e. The number of esters is 1. The first kappa shape index (κ1) is 17.9. The van der Waals surface area contributed by atoms with Gasteiger partial charge in [-0.05, 0) is 30.5 Å². The van der Waals surface area contributed by atoms with Crippen molar-refractivity contribution in [3.05, 3.63) is 29.8 Å². The molecule has 6 nitrogen and oxygen atoms in total. The standard InChI is InChI=1S/C14H21O6P/c1-5-14(6-2,21(16,17)20-18-4)12-8-7-9-13(10-12)19-11(3)15/h7-10H,5-6H2,1-4H3,(H,16,17). The molecule has 1 atom stereocenters.